The van der Waals surface area contributed by atoms with Crippen molar-refractivity contribution in [3.8, 4) is 5.75 Å². The van der Waals surface area contributed by atoms with Crippen LogP contribution in [0.2, 0.25) is 0 Å². The van der Waals surface area contributed by atoms with Crippen LogP contribution in [-0.4, -0.2) is 158 Å². The number of nitrogens with two attached hydrogens (primary N) is 3. The number of unbranched alkanes of at least 4 members (excludes halogenated alkanes) is 1. The number of likely N-dealkylation sites (N-methyl/N-ethyl adjacent to an activating group) is 1. The molecule has 8 amide bonds. The average molecular weight is 1060 g/mol. The van der Waals surface area contributed by atoms with E-state index in [1.165, 1.54) is 37.9 Å². The van der Waals surface area contributed by atoms with Gasteiger partial charge in [0.05, 0.1) is 18.2 Å². The van der Waals surface area contributed by atoms with E-state index in [-0.39, 0.29) is 49.5 Å². The van der Waals surface area contributed by atoms with Gasteiger partial charge in [-0.3, -0.25) is 38.4 Å². The number of hydrogen-bond donors (Lipinski definition) is 13. The molecule has 1 aliphatic rings. The predicted molar refractivity (Wildman–Crippen MR) is 280 cm³/mol. The van der Waals surface area contributed by atoms with Crippen LogP contribution < -0.4 is 49.1 Å². The molecular formula is C50H67N11O11S2. The second-order valence-electron chi connectivity index (χ2n) is 18.1. The summed E-state index contributed by atoms with van der Waals surface area (Å²) in [5.41, 5.74) is 20.3. The second-order valence-corrected chi connectivity index (χ2v) is 20.7. The number of phenolic OH excluding ortho intramolecular Hbond substituents is 1. The number of aromatic amines is 1. The molecule has 24 heteroatoms. The fourth-order valence-corrected chi connectivity index (χ4v) is 10.4. The van der Waals surface area contributed by atoms with Crippen molar-refractivity contribution in [1.82, 2.24) is 41.8 Å². The largest absolute Gasteiger partial charge is 0.508 e. The van der Waals surface area contributed by atoms with Gasteiger partial charge < -0.3 is 74.3 Å². The number of para-hydroxylation sites is 1. The van der Waals surface area contributed by atoms with Crippen LogP contribution in [0.15, 0.2) is 85.1 Å². The van der Waals surface area contributed by atoms with E-state index >= 15 is 0 Å². The fraction of sp³-hybridized carbons (Fsp3) is 0.440. The summed E-state index contributed by atoms with van der Waals surface area (Å²) in [6.07, 6.45) is -0.726. The molecular weight excluding hydrogens is 995 g/mol. The molecule has 1 fully saturated rings. The van der Waals surface area contributed by atoms with Crippen molar-refractivity contribution in [3.63, 3.8) is 0 Å². The van der Waals surface area contributed by atoms with Crippen LogP contribution in [0.5, 0.6) is 5.75 Å². The first kappa shape index (κ1) is 58.2. The van der Waals surface area contributed by atoms with E-state index in [1.54, 1.807) is 48.7 Å². The van der Waals surface area contributed by atoms with Gasteiger partial charge in [-0.1, -0.05) is 82.3 Å². The molecule has 1 saturated heterocycles. The lowest BCUT2D eigenvalue weighted by Crippen LogP contribution is -2.62. The Morgan fingerprint density at radius 1 is 0.784 bits per heavy atom. The summed E-state index contributed by atoms with van der Waals surface area (Å²) in [6.45, 7) is 2.68. The van der Waals surface area contributed by atoms with E-state index in [1.807, 2.05) is 24.3 Å². The number of aromatic hydroxyl groups is 1. The molecule has 22 nitrogen and oxygen atoms in total. The molecule has 10 atom stereocenters. The van der Waals surface area contributed by atoms with Crippen LogP contribution in [0, 0.1) is 0 Å². The maximum absolute atomic E-state index is 15.0. The molecule has 0 unspecified atom stereocenters. The Hall–Kier alpha value is -6.70. The maximum Gasteiger partial charge on any atom is 0.246 e. The lowest BCUT2D eigenvalue weighted by molar-refractivity contribution is -0.142. The minimum absolute atomic E-state index is 0.00297. The summed E-state index contributed by atoms with van der Waals surface area (Å²) in [5.74, 6) is -7.57. The number of carbonyl (C=O) groups excluding carboxylic acids is 8. The highest BCUT2D eigenvalue weighted by molar-refractivity contribution is 8.76. The molecule has 1 aliphatic heterocycles. The molecule has 3 aromatic carbocycles. The van der Waals surface area contributed by atoms with Gasteiger partial charge >= 0.3 is 0 Å². The quantitative estimate of drug-likeness (QED) is 0.0434. The third kappa shape index (κ3) is 16.7. The SMILES string of the molecule is C[C@@H](O)[C@H](NC(=O)[C@@H]1CSSC[C@H](NC(=O)[C@@H](N)Cc2ccc(O)cc2)C(=O)N(C)[C@@H](Cc2ccccc2)C(=O)N[C@H](Cc2c[nH]c3ccccc23)C(=O)N[C@@H](CCCCN)C(=O)N[C@@H]([C@@H](C)O)C(=O)N1)C(N)=O. The summed E-state index contributed by atoms with van der Waals surface area (Å²) in [4.78, 5) is 117. The summed E-state index contributed by atoms with van der Waals surface area (Å²) in [7, 11) is 3.32. The van der Waals surface area contributed by atoms with Gasteiger partial charge in [0.1, 0.15) is 48.0 Å². The number of benzene rings is 3. The van der Waals surface area contributed by atoms with Crippen LogP contribution in [0.25, 0.3) is 10.9 Å². The molecule has 0 spiro atoms. The molecule has 2 heterocycles. The lowest BCUT2D eigenvalue weighted by Gasteiger charge is -2.33. The summed E-state index contributed by atoms with van der Waals surface area (Å²) < 4.78 is 0. The Kier molecular flexibility index (Phi) is 22.1. The summed E-state index contributed by atoms with van der Waals surface area (Å²) >= 11 is 0. The highest BCUT2D eigenvalue weighted by atomic mass is 33.1. The Morgan fingerprint density at radius 3 is 2.09 bits per heavy atom. The molecule has 74 heavy (non-hydrogen) atoms. The molecule has 0 bridgehead atoms. The van der Waals surface area contributed by atoms with E-state index in [0.29, 0.717) is 29.5 Å². The van der Waals surface area contributed by atoms with Crippen molar-refractivity contribution in [2.45, 2.75) is 113 Å². The summed E-state index contributed by atoms with van der Waals surface area (Å²) in [5, 5.41) is 47.4. The Balaban J connectivity index is 1.60. The van der Waals surface area contributed by atoms with Crippen molar-refractivity contribution in [2.24, 2.45) is 17.2 Å². The third-order valence-corrected chi connectivity index (χ3v) is 14.8. The first-order chi connectivity index (χ1) is 35.3. The first-order valence-electron chi connectivity index (χ1n) is 24.1. The fourth-order valence-electron chi connectivity index (χ4n) is 8.13. The molecule has 0 aliphatic carbocycles. The number of fused-ring (bicyclic) bond motifs is 1. The highest BCUT2D eigenvalue weighted by Crippen LogP contribution is 2.25. The second kappa shape index (κ2) is 28.1. The molecule has 4 aromatic rings. The number of amides is 8. The first-order valence-corrected chi connectivity index (χ1v) is 26.6. The van der Waals surface area contributed by atoms with Crippen molar-refractivity contribution in [1.29, 1.82) is 0 Å². The average Bonchev–Trinajstić information content (AvgIpc) is 3.78. The number of aliphatic hydroxyl groups is 2. The highest BCUT2D eigenvalue weighted by Gasteiger charge is 2.38. The van der Waals surface area contributed by atoms with Gasteiger partial charge in [0.25, 0.3) is 0 Å². The van der Waals surface area contributed by atoms with Crippen LogP contribution in [-0.2, 0) is 57.6 Å². The molecule has 0 radical (unpaired) electrons. The van der Waals surface area contributed by atoms with Crippen molar-refractivity contribution >= 4 is 79.7 Å². The normalized spacial score (nSPS) is 22.5. The van der Waals surface area contributed by atoms with E-state index in [2.05, 4.69) is 36.9 Å². The number of carbonyl (C=O) groups is 8. The van der Waals surface area contributed by atoms with E-state index in [4.69, 9.17) is 17.2 Å². The predicted octanol–water partition coefficient (Wildman–Crippen LogP) is -1.26. The molecule has 0 saturated carbocycles. The van der Waals surface area contributed by atoms with Gasteiger partial charge in [-0.15, -0.1) is 0 Å². The van der Waals surface area contributed by atoms with E-state index in [9.17, 15) is 53.7 Å². The smallest absolute Gasteiger partial charge is 0.246 e. The number of H-pyrrole nitrogens is 1. The molecule has 400 valence electrons. The zero-order chi connectivity index (χ0) is 54.1. The minimum Gasteiger partial charge on any atom is -0.508 e. The van der Waals surface area contributed by atoms with E-state index in [0.717, 1.165) is 32.5 Å². The topological polar surface area (TPSA) is 367 Å². The Morgan fingerprint density at radius 2 is 1.43 bits per heavy atom. The third-order valence-electron chi connectivity index (χ3n) is 12.4. The zero-order valence-electron chi connectivity index (χ0n) is 41.3. The number of rotatable bonds is 17. The summed E-state index contributed by atoms with van der Waals surface area (Å²) in [6, 6.07) is 10.6. The number of aliphatic hydroxyl groups excluding tert-OH is 2. The number of hydrogen-bond acceptors (Lipinski definition) is 15. The molecule has 1 aromatic heterocycles. The number of phenols is 1. The van der Waals surface area contributed by atoms with Crippen molar-refractivity contribution < 1.29 is 53.7 Å². The standard InChI is InChI=1S/C50H67N11O11S2/c1-27(62)41(43(53)65)59-47(69)38-25-73-74-26-39(58-44(66)34(52)21-30-16-18-32(64)19-17-30)50(72)61(3)40(22-29-11-5-4-6-12-29)48(70)56-37(23-31-24-54-35-14-8-7-13-33(31)35)46(68)55-36(15-9-10-20-51)45(67)60-42(28(2)63)49(71)57-38/h4-8,11-14,16-19,24,27-28,34,36-42,54,62-64H,9-10,15,20-23,25-26,51-52H2,1-3H3,(H2,53,65)(H,55,68)(H,56,70)(H,57,71)(H,58,66)(H,59,69)(H,60,67)/t27-,28-,34+,36+,37-,38+,39+,40+,41+,42+/m1/s1. The van der Waals surface area contributed by atoms with Gasteiger partial charge in [-0.25, -0.2) is 0 Å². The van der Waals surface area contributed by atoms with Gasteiger partial charge in [0, 0.05) is 48.5 Å². The zero-order valence-corrected chi connectivity index (χ0v) is 43.0. The van der Waals surface area contributed by atoms with Crippen LogP contribution in [0.1, 0.15) is 49.8 Å². The Labute approximate surface area is 436 Å². The maximum atomic E-state index is 15.0. The van der Waals surface area contributed by atoms with Gasteiger partial charge in [0.2, 0.25) is 47.3 Å². The minimum atomic E-state index is -1.72. The van der Waals surface area contributed by atoms with E-state index < -0.39 is 108 Å². The van der Waals surface area contributed by atoms with Crippen molar-refractivity contribution in [2.75, 3.05) is 25.1 Å². The number of aromatic nitrogens is 1. The van der Waals surface area contributed by atoms with Gasteiger partial charge in [-0.2, -0.15) is 0 Å². The lowest BCUT2D eigenvalue weighted by atomic mass is 10.00. The monoisotopic (exact) mass is 1060 g/mol. The number of primary amides is 1. The number of nitrogens with zero attached hydrogens (tertiary/aromatic N) is 1. The number of nitrogens with one attached hydrogen (secondary N) is 7. The van der Waals surface area contributed by atoms with Crippen LogP contribution in [0.3, 0.4) is 0 Å². The van der Waals surface area contributed by atoms with Gasteiger partial charge in [0.15, 0.2) is 0 Å². The van der Waals surface area contributed by atoms with Crippen molar-refractivity contribution in [3.05, 3.63) is 102 Å². The van der Waals surface area contributed by atoms with Gasteiger partial charge in [-0.05, 0) is 81.0 Å². The van der Waals surface area contributed by atoms with Crippen LogP contribution >= 0.6 is 21.6 Å². The molecule has 5 rings (SSSR count). The van der Waals surface area contributed by atoms with Crippen LogP contribution in [0.4, 0.5) is 0 Å². The molecule has 16 N–H and O–H groups in total. The Bertz CT molecular complexity index is 2570.